The van der Waals surface area contributed by atoms with Gasteiger partial charge in [-0.15, -0.1) is 10.2 Å². The number of carbonyl (C=O) groups is 2. The Bertz CT molecular complexity index is 1520. The molecule has 1 aliphatic rings. The van der Waals surface area contributed by atoms with Gasteiger partial charge in [-0.05, 0) is 40.8 Å². The van der Waals surface area contributed by atoms with E-state index in [0.717, 1.165) is 11.1 Å². The van der Waals surface area contributed by atoms with E-state index in [-0.39, 0.29) is 11.0 Å². The van der Waals surface area contributed by atoms with Crippen molar-refractivity contribution in [2.45, 2.75) is 32.2 Å². The lowest BCUT2D eigenvalue weighted by molar-refractivity contribution is -0.117. The molecular weight excluding hydrogens is 498 g/mol. The SMILES string of the molecule is COc1ccc(C(=O)C2=C(O)C(=O)N(c3nnc(-c4ccccc4)s3)C2c2ccc(C(C)(C)C)cc2)cc1. The molecule has 1 amide bonds. The monoisotopic (exact) mass is 525 g/mol. The highest BCUT2D eigenvalue weighted by Gasteiger charge is 2.46. The number of benzene rings is 3. The number of Topliss-reactive ketones (excluding diaryl/α,β-unsaturated/α-hetero) is 1. The van der Waals surface area contributed by atoms with E-state index in [2.05, 4.69) is 31.0 Å². The number of aromatic nitrogens is 2. The van der Waals surface area contributed by atoms with Gasteiger partial charge in [-0.1, -0.05) is 86.7 Å². The number of ketones is 1. The molecule has 0 spiro atoms. The van der Waals surface area contributed by atoms with Crippen LogP contribution in [0.3, 0.4) is 0 Å². The first-order chi connectivity index (χ1) is 18.2. The van der Waals surface area contributed by atoms with Crippen molar-refractivity contribution < 1.29 is 19.4 Å². The van der Waals surface area contributed by atoms with Crippen LogP contribution in [0.1, 0.15) is 48.3 Å². The lowest BCUT2D eigenvalue weighted by Crippen LogP contribution is -2.31. The summed E-state index contributed by atoms with van der Waals surface area (Å²) in [6.07, 6.45) is 0. The number of amides is 1. The van der Waals surface area contributed by atoms with Gasteiger partial charge in [-0.25, -0.2) is 0 Å². The molecule has 5 rings (SSSR count). The molecule has 0 fully saturated rings. The van der Waals surface area contributed by atoms with E-state index in [9.17, 15) is 14.7 Å². The van der Waals surface area contributed by atoms with E-state index in [1.165, 1.54) is 16.2 Å². The van der Waals surface area contributed by atoms with Gasteiger partial charge in [-0.3, -0.25) is 14.5 Å². The van der Waals surface area contributed by atoms with Crippen molar-refractivity contribution >= 4 is 28.2 Å². The van der Waals surface area contributed by atoms with Crippen molar-refractivity contribution in [1.29, 1.82) is 0 Å². The molecule has 0 saturated heterocycles. The summed E-state index contributed by atoms with van der Waals surface area (Å²) in [6.45, 7) is 6.35. The zero-order chi connectivity index (χ0) is 27.0. The Morgan fingerprint density at radius 2 is 1.61 bits per heavy atom. The van der Waals surface area contributed by atoms with Gasteiger partial charge in [0.05, 0.1) is 18.7 Å². The molecule has 7 nitrogen and oxygen atoms in total. The molecule has 1 unspecified atom stereocenters. The van der Waals surface area contributed by atoms with Gasteiger partial charge in [0, 0.05) is 11.1 Å². The number of anilines is 1. The van der Waals surface area contributed by atoms with E-state index in [1.54, 1.807) is 31.4 Å². The van der Waals surface area contributed by atoms with Crippen molar-refractivity contribution in [3.63, 3.8) is 0 Å². The second-order valence-corrected chi connectivity index (χ2v) is 11.0. The summed E-state index contributed by atoms with van der Waals surface area (Å²) in [5.41, 5.74) is 2.91. The van der Waals surface area contributed by atoms with Crippen molar-refractivity contribution in [3.05, 3.63) is 107 Å². The Kier molecular flexibility index (Phi) is 6.59. The van der Waals surface area contributed by atoms with Crippen LogP contribution >= 0.6 is 11.3 Å². The smallest absolute Gasteiger partial charge is 0.296 e. The van der Waals surface area contributed by atoms with E-state index in [1.807, 2.05) is 54.6 Å². The summed E-state index contributed by atoms with van der Waals surface area (Å²) < 4.78 is 5.21. The topological polar surface area (TPSA) is 92.6 Å². The third-order valence-corrected chi connectivity index (χ3v) is 7.51. The Hall–Kier alpha value is -4.30. The molecule has 0 saturated carbocycles. The Labute approximate surface area is 225 Å². The molecule has 0 bridgehead atoms. The molecule has 1 aliphatic heterocycles. The van der Waals surface area contributed by atoms with E-state index < -0.39 is 23.5 Å². The summed E-state index contributed by atoms with van der Waals surface area (Å²) >= 11 is 1.23. The minimum atomic E-state index is -0.873. The van der Waals surface area contributed by atoms with Crippen LogP contribution in [-0.2, 0) is 10.2 Å². The molecule has 8 heteroatoms. The standard InChI is InChI=1S/C30H27N3O4S/c1-30(2,3)21-14-10-18(11-15-21)24-23(25(34)19-12-16-22(37-4)17-13-19)26(35)28(36)33(24)29-32-31-27(38-29)20-8-6-5-7-9-20/h5-17,24,35H,1-4H3. The molecule has 2 heterocycles. The highest BCUT2D eigenvalue weighted by atomic mass is 32.1. The third kappa shape index (κ3) is 4.59. The number of aliphatic hydroxyl groups is 1. The van der Waals surface area contributed by atoms with Gasteiger partial charge in [0.25, 0.3) is 5.91 Å². The summed E-state index contributed by atoms with van der Waals surface area (Å²) in [4.78, 5) is 28.6. The maximum atomic E-state index is 13.7. The van der Waals surface area contributed by atoms with E-state index >= 15 is 0 Å². The second kappa shape index (κ2) is 9.87. The molecular formula is C30H27N3O4S. The largest absolute Gasteiger partial charge is 0.503 e. The first-order valence-corrected chi connectivity index (χ1v) is 13.0. The van der Waals surface area contributed by atoms with E-state index in [4.69, 9.17) is 4.74 Å². The zero-order valence-corrected chi connectivity index (χ0v) is 22.3. The maximum Gasteiger partial charge on any atom is 0.296 e. The summed E-state index contributed by atoms with van der Waals surface area (Å²) in [5, 5.41) is 20.6. The molecule has 3 aromatic carbocycles. The Morgan fingerprint density at radius 3 is 2.21 bits per heavy atom. The molecule has 4 aromatic rings. The molecule has 0 aliphatic carbocycles. The molecule has 1 N–H and O–H groups in total. The third-order valence-electron chi connectivity index (χ3n) is 6.54. The van der Waals surface area contributed by atoms with Crippen LogP contribution in [0.15, 0.2) is 90.2 Å². The number of methoxy groups -OCH3 is 1. The van der Waals surface area contributed by atoms with Gasteiger partial charge >= 0.3 is 0 Å². The van der Waals surface area contributed by atoms with Crippen LogP contribution in [0, 0.1) is 0 Å². The van der Waals surface area contributed by atoms with Crippen molar-refractivity contribution in [1.82, 2.24) is 10.2 Å². The first-order valence-electron chi connectivity index (χ1n) is 12.1. The number of aliphatic hydroxyl groups excluding tert-OH is 1. The lowest BCUT2D eigenvalue weighted by atomic mass is 9.85. The van der Waals surface area contributed by atoms with Crippen LogP contribution in [0.25, 0.3) is 10.6 Å². The Balaban J connectivity index is 1.61. The normalized spacial score (nSPS) is 15.7. The zero-order valence-electron chi connectivity index (χ0n) is 21.5. The summed E-state index contributed by atoms with van der Waals surface area (Å²) in [7, 11) is 1.54. The number of hydrogen-bond acceptors (Lipinski definition) is 7. The van der Waals surface area contributed by atoms with Crippen LogP contribution in [-0.4, -0.2) is 34.1 Å². The average molecular weight is 526 g/mol. The van der Waals surface area contributed by atoms with Crippen LogP contribution in [0.4, 0.5) is 5.13 Å². The fourth-order valence-corrected chi connectivity index (χ4v) is 5.30. The number of carbonyl (C=O) groups excluding carboxylic acids is 2. The van der Waals surface area contributed by atoms with Crippen molar-refractivity contribution in [3.8, 4) is 16.3 Å². The predicted octanol–water partition coefficient (Wildman–Crippen LogP) is 6.29. The van der Waals surface area contributed by atoms with Gasteiger partial charge in [-0.2, -0.15) is 0 Å². The number of nitrogens with zero attached hydrogens (tertiary/aromatic N) is 3. The summed E-state index contributed by atoms with van der Waals surface area (Å²) in [6, 6.07) is 23.0. The highest BCUT2D eigenvalue weighted by molar-refractivity contribution is 7.18. The highest BCUT2D eigenvalue weighted by Crippen LogP contribution is 2.44. The number of ether oxygens (including phenoxy) is 1. The minimum Gasteiger partial charge on any atom is -0.503 e. The number of rotatable bonds is 6. The molecule has 1 atom stereocenters. The van der Waals surface area contributed by atoms with Gasteiger partial charge in [0.2, 0.25) is 5.13 Å². The molecule has 0 radical (unpaired) electrons. The predicted molar refractivity (Wildman–Crippen MR) is 148 cm³/mol. The molecule has 192 valence electrons. The van der Waals surface area contributed by atoms with Crippen LogP contribution in [0.5, 0.6) is 5.75 Å². The van der Waals surface area contributed by atoms with Gasteiger partial charge in [0.1, 0.15) is 10.8 Å². The molecule has 38 heavy (non-hydrogen) atoms. The average Bonchev–Trinajstić information content (AvgIpc) is 3.51. The van der Waals surface area contributed by atoms with Crippen molar-refractivity contribution in [2.75, 3.05) is 12.0 Å². The first kappa shape index (κ1) is 25.4. The summed E-state index contributed by atoms with van der Waals surface area (Å²) in [5.74, 6) is -1.13. The fourth-order valence-electron chi connectivity index (χ4n) is 4.42. The molecule has 1 aromatic heterocycles. The van der Waals surface area contributed by atoms with E-state index in [0.29, 0.717) is 27.0 Å². The second-order valence-electron chi connectivity index (χ2n) is 10.0. The van der Waals surface area contributed by atoms with Crippen LogP contribution in [0.2, 0.25) is 0 Å². The quantitative estimate of drug-likeness (QED) is 0.297. The van der Waals surface area contributed by atoms with Crippen molar-refractivity contribution in [2.24, 2.45) is 0 Å². The Morgan fingerprint density at radius 1 is 0.947 bits per heavy atom. The lowest BCUT2D eigenvalue weighted by Gasteiger charge is -2.25. The fraction of sp³-hybridized carbons (Fsp3) is 0.200. The minimum absolute atomic E-state index is 0.000127. The number of hydrogen-bond donors (Lipinski definition) is 1. The van der Waals surface area contributed by atoms with Crippen LogP contribution < -0.4 is 9.64 Å². The van der Waals surface area contributed by atoms with Gasteiger partial charge < -0.3 is 9.84 Å². The maximum absolute atomic E-state index is 13.7. The van der Waals surface area contributed by atoms with Gasteiger partial charge in [0.15, 0.2) is 11.5 Å².